The maximum atomic E-state index is 2.23. The Morgan fingerprint density at radius 3 is 1.56 bits per heavy atom. The van der Waals surface area contributed by atoms with E-state index in [0.29, 0.717) is 0 Å². The summed E-state index contributed by atoms with van der Waals surface area (Å²) in [5, 5.41) is 0. The standard InChI is InChI=1S/C14H12S2/c1-9-5-3-7-11-12-8-4-6-10(2)14(12)16-15-13(9)11/h3-8H,1-2H3. The first kappa shape index (κ1) is 10.3. The first-order valence-corrected chi connectivity index (χ1v) is 7.46. The molecule has 2 aromatic rings. The monoisotopic (exact) mass is 244 g/mol. The van der Waals surface area contributed by atoms with Crippen molar-refractivity contribution in [1.29, 1.82) is 0 Å². The van der Waals surface area contributed by atoms with Crippen molar-refractivity contribution in [3.05, 3.63) is 47.5 Å². The van der Waals surface area contributed by atoms with Crippen LogP contribution in [0.1, 0.15) is 11.1 Å². The van der Waals surface area contributed by atoms with E-state index in [1.54, 1.807) is 0 Å². The first-order chi connectivity index (χ1) is 7.77. The van der Waals surface area contributed by atoms with Crippen molar-refractivity contribution in [3.63, 3.8) is 0 Å². The van der Waals surface area contributed by atoms with E-state index in [2.05, 4.69) is 50.2 Å². The Bertz CT molecular complexity index is 507. The highest BCUT2D eigenvalue weighted by atomic mass is 33.1. The zero-order valence-electron chi connectivity index (χ0n) is 9.28. The number of benzene rings is 2. The summed E-state index contributed by atoms with van der Waals surface area (Å²) in [5.74, 6) is 0. The molecule has 0 aliphatic carbocycles. The number of fused-ring (bicyclic) bond motifs is 3. The molecule has 0 fully saturated rings. The summed E-state index contributed by atoms with van der Waals surface area (Å²) in [4.78, 5) is 2.84. The van der Waals surface area contributed by atoms with Crippen molar-refractivity contribution in [1.82, 2.24) is 0 Å². The largest absolute Gasteiger partial charge is 0.0613 e. The van der Waals surface area contributed by atoms with Crippen LogP contribution in [0.5, 0.6) is 0 Å². The minimum atomic E-state index is 1.38. The third-order valence-corrected chi connectivity index (χ3v) is 5.67. The SMILES string of the molecule is Cc1cccc2c1SSc1c(C)cccc1-2. The molecule has 0 radical (unpaired) electrons. The maximum Gasteiger partial charge on any atom is 0.0294 e. The molecule has 0 nitrogen and oxygen atoms in total. The second-order valence-electron chi connectivity index (χ2n) is 4.07. The Balaban J connectivity index is 2.32. The fraction of sp³-hybridized carbons (Fsp3) is 0.143. The number of hydrogen-bond acceptors (Lipinski definition) is 2. The summed E-state index contributed by atoms with van der Waals surface area (Å²) < 4.78 is 0. The lowest BCUT2D eigenvalue weighted by atomic mass is 10.0. The molecule has 0 bridgehead atoms. The average Bonchev–Trinajstić information content (AvgIpc) is 2.30. The Morgan fingerprint density at radius 1 is 0.688 bits per heavy atom. The van der Waals surface area contributed by atoms with Gasteiger partial charge in [-0.3, -0.25) is 0 Å². The minimum absolute atomic E-state index is 1.38. The van der Waals surface area contributed by atoms with E-state index in [4.69, 9.17) is 0 Å². The number of rotatable bonds is 0. The van der Waals surface area contributed by atoms with Gasteiger partial charge in [-0.15, -0.1) is 0 Å². The Hall–Kier alpha value is -0.860. The van der Waals surface area contributed by atoms with E-state index in [-0.39, 0.29) is 0 Å². The summed E-state index contributed by atoms with van der Waals surface area (Å²) in [7, 11) is 3.78. The number of hydrogen-bond donors (Lipinski definition) is 0. The van der Waals surface area contributed by atoms with Crippen molar-refractivity contribution < 1.29 is 0 Å². The van der Waals surface area contributed by atoms with Crippen LogP contribution in [-0.4, -0.2) is 0 Å². The van der Waals surface area contributed by atoms with Crippen LogP contribution < -0.4 is 0 Å². The van der Waals surface area contributed by atoms with E-state index in [1.807, 2.05) is 21.6 Å². The van der Waals surface area contributed by atoms with Crippen molar-refractivity contribution >= 4 is 21.6 Å². The second-order valence-corrected chi connectivity index (χ2v) is 6.22. The van der Waals surface area contributed by atoms with Crippen LogP contribution in [0.25, 0.3) is 11.1 Å². The lowest BCUT2D eigenvalue weighted by Gasteiger charge is -2.21. The van der Waals surface area contributed by atoms with Crippen molar-refractivity contribution in [2.45, 2.75) is 23.6 Å². The molecule has 2 aromatic carbocycles. The van der Waals surface area contributed by atoms with Gasteiger partial charge in [-0.25, -0.2) is 0 Å². The van der Waals surface area contributed by atoms with Gasteiger partial charge in [-0.2, -0.15) is 0 Å². The summed E-state index contributed by atoms with van der Waals surface area (Å²) in [5.41, 5.74) is 5.54. The van der Waals surface area contributed by atoms with E-state index < -0.39 is 0 Å². The van der Waals surface area contributed by atoms with Gasteiger partial charge in [-0.1, -0.05) is 58.0 Å². The van der Waals surface area contributed by atoms with Gasteiger partial charge in [0, 0.05) is 9.79 Å². The molecule has 0 saturated heterocycles. The molecular formula is C14H12S2. The smallest absolute Gasteiger partial charge is 0.0294 e. The molecule has 1 aliphatic heterocycles. The van der Waals surface area contributed by atoms with E-state index in [0.717, 1.165) is 0 Å². The summed E-state index contributed by atoms with van der Waals surface area (Å²) in [6, 6.07) is 13.1. The van der Waals surface area contributed by atoms with Crippen LogP contribution in [0.2, 0.25) is 0 Å². The van der Waals surface area contributed by atoms with Crippen LogP contribution in [-0.2, 0) is 0 Å². The summed E-state index contributed by atoms with van der Waals surface area (Å²) in [6.07, 6.45) is 0. The van der Waals surface area contributed by atoms with Crippen molar-refractivity contribution in [2.75, 3.05) is 0 Å². The average molecular weight is 244 g/mol. The predicted octanol–water partition coefficient (Wildman–Crippen LogP) is 5.08. The van der Waals surface area contributed by atoms with Crippen LogP contribution >= 0.6 is 21.6 Å². The van der Waals surface area contributed by atoms with Gasteiger partial charge in [0.15, 0.2) is 0 Å². The quantitative estimate of drug-likeness (QED) is 0.592. The van der Waals surface area contributed by atoms with Gasteiger partial charge in [0.25, 0.3) is 0 Å². The molecule has 0 spiro atoms. The highest BCUT2D eigenvalue weighted by molar-refractivity contribution is 8.76. The van der Waals surface area contributed by atoms with E-state index >= 15 is 0 Å². The molecule has 0 saturated carbocycles. The van der Waals surface area contributed by atoms with Crippen LogP contribution in [0.15, 0.2) is 46.2 Å². The predicted molar refractivity (Wildman–Crippen MR) is 73.1 cm³/mol. The molecule has 16 heavy (non-hydrogen) atoms. The third-order valence-electron chi connectivity index (χ3n) is 2.92. The van der Waals surface area contributed by atoms with Gasteiger partial charge < -0.3 is 0 Å². The van der Waals surface area contributed by atoms with Crippen LogP contribution in [0, 0.1) is 13.8 Å². The first-order valence-electron chi connectivity index (χ1n) is 5.31. The van der Waals surface area contributed by atoms with Crippen molar-refractivity contribution in [3.8, 4) is 11.1 Å². The van der Waals surface area contributed by atoms with Crippen molar-refractivity contribution in [2.24, 2.45) is 0 Å². The summed E-state index contributed by atoms with van der Waals surface area (Å²) in [6.45, 7) is 4.38. The molecular weight excluding hydrogens is 232 g/mol. The van der Waals surface area contributed by atoms with Crippen LogP contribution in [0.3, 0.4) is 0 Å². The maximum absolute atomic E-state index is 2.23. The van der Waals surface area contributed by atoms with E-state index in [9.17, 15) is 0 Å². The molecule has 3 rings (SSSR count). The van der Waals surface area contributed by atoms with Gasteiger partial charge in [-0.05, 0) is 36.1 Å². The fourth-order valence-corrected chi connectivity index (χ4v) is 4.96. The molecule has 1 aliphatic rings. The van der Waals surface area contributed by atoms with Gasteiger partial charge in [0.05, 0.1) is 0 Å². The third kappa shape index (κ3) is 1.48. The summed E-state index contributed by atoms with van der Waals surface area (Å²) >= 11 is 0. The lowest BCUT2D eigenvalue weighted by molar-refractivity contribution is 1.25. The lowest BCUT2D eigenvalue weighted by Crippen LogP contribution is -1.93. The minimum Gasteiger partial charge on any atom is -0.0613 e. The second kappa shape index (κ2) is 3.86. The van der Waals surface area contributed by atoms with Gasteiger partial charge in [0.1, 0.15) is 0 Å². The highest BCUT2D eigenvalue weighted by Crippen LogP contribution is 2.52. The Morgan fingerprint density at radius 2 is 1.12 bits per heavy atom. The van der Waals surface area contributed by atoms with E-state index in [1.165, 1.54) is 32.0 Å². The highest BCUT2D eigenvalue weighted by Gasteiger charge is 2.19. The molecule has 2 heteroatoms. The van der Waals surface area contributed by atoms with Gasteiger partial charge in [0.2, 0.25) is 0 Å². The Kier molecular flexibility index (Phi) is 2.49. The zero-order valence-corrected chi connectivity index (χ0v) is 10.9. The Labute approximate surface area is 104 Å². The molecule has 0 amide bonds. The van der Waals surface area contributed by atoms with Gasteiger partial charge >= 0.3 is 0 Å². The number of aryl methyl sites for hydroxylation is 2. The molecule has 0 atom stereocenters. The molecule has 0 unspecified atom stereocenters. The molecule has 1 heterocycles. The normalized spacial score (nSPS) is 13.1. The fourth-order valence-electron chi connectivity index (χ4n) is 2.03. The molecule has 80 valence electrons. The van der Waals surface area contributed by atoms with Crippen LogP contribution in [0.4, 0.5) is 0 Å². The molecule has 0 N–H and O–H groups in total. The topological polar surface area (TPSA) is 0 Å². The molecule has 0 aromatic heterocycles. The zero-order chi connectivity index (χ0) is 11.1.